The number of likely N-dealkylation sites (tertiary alicyclic amines) is 1. The van der Waals surface area contributed by atoms with E-state index in [0.717, 1.165) is 5.69 Å². The van der Waals surface area contributed by atoms with Gasteiger partial charge in [-0.1, -0.05) is 12.1 Å². The maximum atomic E-state index is 13.4. The number of amides is 2. The summed E-state index contributed by atoms with van der Waals surface area (Å²) in [5.41, 5.74) is 0.576. The van der Waals surface area contributed by atoms with Crippen molar-refractivity contribution in [2.24, 2.45) is 5.92 Å². The Labute approximate surface area is 183 Å². The van der Waals surface area contributed by atoms with E-state index in [1.165, 1.54) is 21.6 Å². The van der Waals surface area contributed by atoms with Gasteiger partial charge in [0, 0.05) is 63.2 Å². The van der Waals surface area contributed by atoms with Crippen LogP contribution in [0, 0.1) is 5.92 Å². The minimum absolute atomic E-state index is 0.00499. The monoisotopic (exact) mass is 433 g/mol. The van der Waals surface area contributed by atoms with E-state index in [1.54, 1.807) is 54.0 Å². The lowest BCUT2D eigenvalue weighted by atomic mass is 9.78. The molecule has 0 spiro atoms. The van der Waals surface area contributed by atoms with Crippen LogP contribution in [0.3, 0.4) is 0 Å². The first-order chi connectivity index (χ1) is 15.4. The van der Waals surface area contributed by atoms with Gasteiger partial charge in [-0.15, -0.1) is 0 Å². The summed E-state index contributed by atoms with van der Waals surface area (Å²) in [5.74, 6) is -0.895. The largest absolute Gasteiger partial charge is 0.347 e. The number of hydrogen-bond donors (Lipinski definition) is 0. The molecule has 2 bridgehead atoms. The maximum absolute atomic E-state index is 13.4. The van der Waals surface area contributed by atoms with Crippen LogP contribution in [0.2, 0.25) is 0 Å². The van der Waals surface area contributed by atoms with Gasteiger partial charge in [-0.2, -0.15) is 0 Å². The van der Waals surface area contributed by atoms with Crippen molar-refractivity contribution in [3.63, 3.8) is 0 Å². The van der Waals surface area contributed by atoms with E-state index >= 15 is 0 Å². The van der Waals surface area contributed by atoms with E-state index in [2.05, 4.69) is 4.98 Å². The smallest absolute Gasteiger partial charge is 0.270 e. The van der Waals surface area contributed by atoms with Gasteiger partial charge in [-0.05, 0) is 24.6 Å². The summed E-state index contributed by atoms with van der Waals surface area (Å²) in [6.45, 7) is 0.663. The zero-order valence-electron chi connectivity index (χ0n) is 17.8. The number of carbonyl (C=O) groups is 2. The molecule has 0 N–H and O–H groups in total. The molecule has 0 aliphatic carbocycles. The van der Waals surface area contributed by atoms with Crippen LogP contribution >= 0.6 is 0 Å². The van der Waals surface area contributed by atoms with Crippen LogP contribution in [0.4, 0.5) is 0 Å². The molecular formula is C23H23N5O4. The predicted octanol–water partition coefficient (Wildman–Crippen LogP) is 0.745. The SMILES string of the molecule is CN(C)C(=O)[C@H]1[C@H]2C[C@H](CN(C(=O)c3cnc4ccccn4c3=O)C2)c2cccc(=O)n21. The summed E-state index contributed by atoms with van der Waals surface area (Å²) >= 11 is 0. The lowest BCUT2D eigenvalue weighted by Crippen LogP contribution is -2.54. The molecule has 32 heavy (non-hydrogen) atoms. The predicted molar refractivity (Wildman–Crippen MR) is 117 cm³/mol. The van der Waals surface area contributed by atoms with Gasteiger partial charge in [0.2, 0.25) is 5.91 Å². The number of pyridine rings is 2. The molecule has 2 aliphatic heterocycles. The number of fused-ring (bicyclic) bond motifs is 5. The molecule has 9 nitrogen and oxygen atoms in total. The summed E-state index contributed by atoms with van der Waals surface area (Å²) in [6.07, 6.45) is 3.61. The van der Waals surface area contributed by atoms with Crippen molar-refractivity contribution >= 4 is 17.5 Å². The van der Waals surface area contributed by atoms with Gasteiger partial charge >= 0.3 is 0 Å². The molecule has 5 rings (SSSR count). The zero-order valence-corrected chi connectivity index (χ0v) is 17.8. The molecule has 3 aromatic rings. The molecule has 2 amide bonds. The van der Waals surface area contributed by atoms with Crippen LogP contribution in [0.25, 0.3) is 5.65 Å². The van der Waals surface area contributed by atoms with Gasteiger partial charge in [0.1, 0.15) is 17.3 Å². The number of carbonyl (C=O) groups excluding carboxylic acids is 2. The van der Waals surface area contributed by atoms with Gasteiger partial charge in [0.25, 0.3) is 17.0 Å². The summed E-state index contributed by atoms with van der Waals surface area (Å²) in [4.78, 5) is 59.4. The van der Waals surface area contributed by atoms with E-state index in [9.17, 15) is 19.2 Å². The highest BCUT2D eigenvalue weighted by atomic mass is 16.2. The number of likely N-dealkylation sites (N-methyl/N-ethyl adjacent to an activating group) is 1. The quantitative estimate of drug-likeness (QED) is 0.594. The van der Waals surface area contributed by atoms with Crippen molar-refractivity contribution in [1.29, 1.82) is 0 Å². The molecule has 0 radical (unpaired) electrons. The average molecular weight is 433 g/mol. The Morgan fingerprint density at radius 1 is 1.06 bits per heavy atom. The molecule has 1 saturated heterocycles. The number of aromatic nitrogens is 3. The van der Waals surface area contributed by atoms with Crippen molar-refractivity contribution < 1.29 is 9.59 Å². The lowest BCUT2D eigenvalue weighted by molar-refractivity contribution is -0.135. The molecule has 0 saturated carbocycles. The number of piperidine rings is 1. The topological polar surface area (TPSA) is 97.0 Å². The van der Waals surface area contributed by atoms with Gasteiger partial charge in [-0.25, -0.2) is 4.98 Å². The van der Waals surface area contributed by atoms with Crippen molar-refractivity contribution in [3.8, 4) is 0 Å². The summed E-state index contributed by atoms with van der Waals surface area (Å²) in [6, 6.07) is 9.50. The Bertz CT molecular complexity index is 1360. The van der Waals surface area contributed by atoms with Crippen molar-refractivity contribution in [2.75, 3.05) is 27.2 Å². The van der Waals surface area contributed by atoms with Gasteiger partial charge < -0.3 is 9.80 Å². The fourth-order valence-corrected chi connectivity index (χ4v) is 5.03. The average Bonchev–Trinajstić information content (AvgIpc) is 2.79. The summed E-state index contributed by atoms with van der Waals surface area (Å²) in [7, 11) is 3.32. The zero-order chi connectivity index (χ0) is 22.6. The van der Waals surface area contributed by atoms with Gasteiger partial charge in [0.15, 0.2) is 0 Å². The lowest BCUT2D eigenvalue weighted by Gasteiger charge is -2.46. The molecule has 3 atom stereocenters. The third kappa shape index (κ3) is 3.04. The fraction of sp³-hybridized carbons (Fsp3) is 0.348. The Hall–Kier alpha value is -3.75. The minimum atomic E-state index is -0.684. The van der Waals surface area contributed by atoms with Crippen LogP contribution < -0.4 is 11.1 Å². The molecule has 1 fully saturated rings. The van der Waals surface area contributed by atoms with Gasteiger partial charge in [-0.3, -0.25) is 28.1 Å². The molecule has 3 aromatic heterocycles. The van der Waals surface area contributed by atoms with E-state index in [0.29, 0.717) is 18.6 Å². The molecule has 164 valence electrons. The van der Waals surface area contributed by atoms with Crippen LogP contribution in [0.5, 0.6) is 0 Å². The summed E-state index contributed by atoms with van der Waals surface area (Å²) < 4.78 is 2.95. The van der Waals surface area contributed by atoms with E-state index in [1.807, 2.05) is 6.07 Å². The standard InChI is InChI=1S/C23H23N5O4/c1-25(2)23(32)20-15-10-14(17-6-5-8-19(29)28(17)20)12-26(13-15)21(30)16-11-24-18-7-3-4-9-27(18)22(16)31/h3-9,11,14-15,20H,10,12-13H2,1-2H3/t14-,15+,20-/m1/s1. The minimum Gasteiger partial charge on any atom is -0.347 e. The number of hydrogen-bond acceptors (Lipinski definition) is 5. The Kier molecular flexibility index (Phi) is 4.69. The number of nitrogens with zero attached hydrogens (tertiary/aromatic N) is 5. The van der Waals surface area contributed by atoms with E-state index < -0.39 is 17.5 Å². The molecule has 9 heteroatoms. The molecule has 0 aromatic carbocycles. The highest BCUT2D eigenvalue weighted by molar-refractivity contribution is 5.94. The maximum Gasteiger partial charge on any atom is 0.270 e. The third-order valence-electron chi connectivity index (χ3n) is 6.47. The normalized spacial score (nSPS) is 21.8. The van der Waals surface area contributed by atoms with Crippen LogP contribution in [-0.2, 0) is 4.79 Å². The van der Waals surface area contributed by atoms with Crippen LogP contribution in [0.1, 0.15) is 34.4 Å². The second kappa shape index (κ2) is 7.44. The Morgan fingerprint density at radius 2 is 1.88 bits per heavy atom. The van der Waals surface area contributed by atoms with Crippen molar-refractivity contribution in [2.45, 2.75) is 18.4 Å². The highest BCUT2D eigenvalue weighted by Crippen LogP contribution is 2.41. The van der Waals surface area contributed by atoms with Gasteiger partial charge in [0.05, 0.1) is 0 Å². The molecular weight excluding hydrogens is 410 g/mol. The van der Waals surface area contributed by atoms with Crippen LogP contribution in [0.15, 0.2) is 58.4 Å². The first-order valence-electron chi connectivity index (χ1n) is 10.5. The molecule has 0 unspecified atom stereocenters. The first-order valence-corrected chi connectivity index (χ1v) is 10.5. The van der Waals surface area contributed by atoms with E-state index in [4.69, 9.17) is 0 Å². The highest BCUT2D eigenvalue weighted by Gasteiger charge is 2.45. The van der Waals surface area contributed by atoms with Crippen LogP contribution in [-0.4, -0.2) is 62.8 Å². The third-order valence-corrected chi connectivity index (χ3v) is 6.47. The second-order valence-electron chi connectivity index (χ2n) is 8.65. The number of rotatable bonds is 2. The van der Waals surface area contributed by atoms with Crippen molar-refractivity contribution in [3.05, 3.63) is 80.8 Å². The summed E-state index contributed by atoms with van der Waals surface area (Å²) in [5, 5.41) is 0. The Morgan fingerprint density at radius 3 is 2.66 bits per heavy atom. The molecule has 5 heterocycles. The second-order valence-corrected chi connectivity index (χ2v) is 8.65. The fourth-order valence-electron chi connectivity index (χ4n) is 5.03. The van der Waals surface area contributed by atoms with Crippen molar-refractivity contribution in [1.82, 2.24) is 23.8 Å². The Balaban J connectivity index is 1.56. The molecule has 2 aliphatic rings. The first kappa shape index (κ1) is 20.2. The van der Waals surface area contributed by atoms with E-state index in [-0.39, 0.29) is 35.4 Å².